The van der Waals surface area contributed by atoms with Gasteiger partial charge >= 0.3 is 5.97 Å². The lowest BCUT2D eigenvalue weighted by Gasteiger charge is -2.17. The summed E-state index contributed by atoms with van der Waals surface area (Å²) in [5.41, 5.74) is 0. The Morgan fingerprint density at radius 2 is 1.75 bits per heavy atom. The van der Waals surface area contributed by atoms with Crippen LogP contribution in [0.2, 0.25) is 0 Å². The van der Waals surface area contributed by atoms with Crippen molar-refractivity contribution in [2.24, 2.45) is 5.92 Å². The molecule has 1 aliphatic carbocycles. The van der Waals surface area contributed by atoms with E-state index in [1.165, 1.54) is 12.5 Å². The average molecular weight is 170 g/mol. The van der Waals surface area contributed by atoms with Crippen LogP contribution in [0.25, 0.3) is 0 Å². The topological polar surface area (TPSA) is 57.5 Å². The van der Waals surface area contributed by atoms with Gasteiger partial charge in [-0.3, -0.25) is 0 Å². The molecule has 0 unspecified atom stereocenters. The van der Waals surface area contributed by atoms with Gasteiger partial charge in [-0.05, 0) is 24.8 Å². The van der Waals surface area contributed by atoms with Crippen molar-refractivity contribution in [3.63, 3.8) is 0 Å². The van der Waals surface area contributed by atoms with E-state index in [1.807, 2.05) is 0 Å². The number of allylic oxidation sites excluding steroid dienone is 1. The molecule has 3 nitrogen and oxygen atoms in total. The second-order valence-electron chi connectivity index (χ2n) is 3.26. The summed E-state index contributed by atoms with van der Waals surface area (Å²) in [5.74, 6) is -1.45. The minimum atomic E-state index is -1.22. The molecule has 1 saturated carbocycles. The average Bonchev–Trinajstić information content (AvgIpc) is 2.06. The second kappa shape index (κ2) is 4.14. The maximum atomic E-state index is 10.3. The Morgan fingerprint density at radius 1 is 1.17 bits per heavy atom. The Morgan fingerprint density at radius 3 is 2.25 bits per heavy atom. The summed E-state index contributed by atoms with van der Waals surface area (Å²) in [5, 5.41) is 17.3. The Hall–Kier alpha value is -0.990. The molecular weight excluding hydrogens is 156 g/mol. The number of aliphatic hydroxyl groups is 1. The summed E-state index contributed by atoms with van der Waals surface area (Å²) in [6.07, 6.45) is 7.02. The van der Waals surface area contributed by atoms with Crippen LogP contribution in [-0.4, -0.2) is 16.2 Å². The van der Waals surface area contributed by atoms with Crippen LogP contribution in [0.5, 0.6) is 0 Å². The Labute approximate surface area is 71.7 Å². The lowest BCUT2D eigenvalue weighted by molar-refractivity contribution is -0.135. The van der Waals surface area contributed by atoms with Crippen LogP contribution in [0.15, 0.2) is 11.8 Å². The van der Waals surface area contributed by atoms with E-state index in [0.29, 0.717) is 0 Å². The zero-order chi connectivity index (χ0) is 8.97. The Bertz CT molecular complexity index is 190. The number of carbonyl (C=O) groups is 1. The van der Waals surface area contributed by atoms with Crippen molar-refractivity contribution >= 4 is 5.97 Å². The van der Waals surface area contributed by atoms with E-state index >= 15 is 0 Å². The predicted molar refractivity (Wildman–Crippen MR) is 44.9 cm³/mol. The second-order valence-corrected chi connectivity index (χ2v) is 3.26. The van der Waals surface area contributed by atoms with Gasteiger partial charge in [-0.2, -0.15) is 0 Å². The van der Waals surface area contributed by atoms with E-state index < -0.39 is 11.7 Å². The SMILES string of the molecule is O=C(O)/C(O)=C/C1CCCCC1. The minimum Gasteiger partial charge on any atom is -0.502 e. The van der Waals surface area contributed by atoms with E-state index in [4.69, 9.17) is 10.2 Å². The molecule has 0 aromatic rings. The maximum absolute atomic E-state index is 10.3. The lowest BCUT2D eigenvalue weighted by atomic mass is 9.89. The van der Waals surface area contributed by atoms with Gasteiger partial charge in [-0.15, -0.1) is 0 Å². The van der Waals surface area contributed by atoms with Gasteiger partial charge in [0, 0.05) is 0 Å². The zero-order valence-electron chi connectivity index (χ0n) is 6.99. The molecule has 3 heteroatoms. The number of hydrogen-bond acceptors (Lipinski definition) is 2. The number of hydrogen-bond donors (Lipinski definition) is 2. The highest BCUT2D eigenvalue weighted by atomic mass is 16.4. The Kier molecular flexibility index (Phi) is 3.14. The van der Waals surface area contributed by atoms with Crippen molar-refractivity contribution in [2.45, 2.75) is 32.1 Å². The molecule has 0 heterocycles. The number of carboxylic acids is 1. The highest BCUT2D eigenvalue weighted by Crippen LogP contribution is 2.25. The molecule has 0 amide bonds. The minimum absolute atomic E-state index is 0.273. The molecule has 0 aromatic carbocycles. The summed E-state index contributed by atoms with van der Waals surface area (Å²) in [7, 11) is 0. The number of aliphatic carboxylic acids is 1. The monoisotopic (exact) mass is 170 g/mol. The van der Waals surface area contributed by atoms with Crippen molar-refractivity contribution in [1.29, 1.82) is 0 Å². The molecular formula is C9H14O3. The first-order valence-electron chi connectivity index (χ1n) is 4.34. The predicted octanol–water partition coefficient (Wildman–Crippen LogP) is 2.09. The molecule has 0 aromatic heterocycles. The molecule has 0 saturated heterocycles. The standard InChI is InChI=1S/C9H14O3/c10-8(9(11)12)6-7-4-2-1-3-5-7/h6-7,10H,1-5H2,(H,11,12)/b8-6-. The molecule has 1 fully saturated rings. The third-order valence-electron chi connectivity index (χ3n) is 2.26. The highest BCUT2D eigenvalue weighted by Gasteiger charge is 2.13. The number of rotatable bonds is 2. The molecule has 0 bridgehead atoms. The van der Waals surface area contributed by atoms with E-state index in [9.17, 15) is 4.79 Å². The summed E-state index contributed by atoms with van der Waals surface area (Å²) in [6, 6.07) is 0. The number of aliphatic hydroxyl groups excluding tert-OH is 1. The molecule has 68 valence electrons. The van der Waals surface area contributed by atoms with Gasteiger partial charge in [-0.25, -0.2) is 4.79 Å². The first-order chi connectivity index (χ1) is 5.70. The molecule has 1 aliphatic rings. The fourth-order valence-electron chi connectivity index (χ4n) is 1.60. The molecule has 0 spiro atoms. The number of carboxylic acid groups (broad SMARTS) is 1. The van der Waals surface area contributed by atoms with Crippen molar-refractivity contribution < 1.29 is 15.0 Å². The van der Waals surface area contributed by atoms with E-state index in [0.717, 1.165) is 25.7 Å². The fourth-order valence-corrected chi connectivity index (χ4v) is 1.60. The summed E-state index contributed by atoms with van der Waals surface area (Å²) < 4.78 is 0. The van der Waals surface area contributed by atoms with Gasteiger partial charge in [-0.1, -0.05) is 19.3 Å². The first-order valence-corrected chi connectivity index (χ1v) is 4.34. The molecule has 0 radical (unpaired) electrons. The van der Waals surface area contributed by atoms with E-state index in [-0.39, 0.29) is 5.92 Å². The van der Waals surface area contributed by atoms with Gasteiger partial charge in [0.1, 0.15) is 0 Å². The van der Waals surface area contributed by atoms with Crippen LogP contribution in [0, 0.1) is 5.92 Å². The smallest absolute Gasteiger partial charge is 0.370 e. The Balaban J connectivity index is 2.47. The van der Waals surface area contributed by atoms with E-state index in [1.54, 1.807) is 0 Å². The largest absolute Gasteiger partial charge is 0.502 e. The molecule has 12 heavy (non-hydrogen) atoms. The van der Waals surface area contributed by atoms with Crippen LogP contribution >= 0.6 is 0 Å². The quantitative estimate of drug-likeness (QED) is 0.492. The summed E-state index contributed by atoms with van der Waals surface area (Å²) in [6.45, 7) is 0. The van der Waals surface area contributed by atoms with Crippen LogP contribution in [0.4, 0.5) is 0 Å². The summed E-state index contributed by atoms with van der Waals surface area (Å²) in [4.78, 5) is 10.3. The van der Waals surface area contributed by atoms with Crippen LogP contribution in [0.3, 0.4) is 0 Å². The maximum Gasteiger partial charge on any atom is 0.370 e. The molecule has 0 aliphatic heterocycles. The van der Waals surface area contributed by atoms with E-state index in [2.05, 4.69) is 0 Å². The van der Waals surface area contributed by atoms with Crippen molar-refractivity contribution in [3.05, 3.63) is 11.8 Å². The fraction of sp³-hybridized carbons (Fsp3) is 0.667. The van der Waals surface area contributed by atoms with Gasteiger partial charge < -0.3 is 10.2 Å². The zero-order valence-corrected chi connectivity index (χ0v) is 6.99. The molecule has 2 N–H and O–H groups in total. The van der Waals surface area contributed by atoms with Crippen molar-refractivity contribution in [1.82, 2.24) is 0 Å². The third kappa shape index (κ3) is 2.57. The van der Waals surface area contributed by atoms with Crippen LogP contribution < -0.4 is 0 Å². The van der Waals surface area contributed by atoms with Gasteiger partial charge in [0.05, 0.1) is 0 Å². The van der Waals surface area contributed by atoms with Gasteiger partial charge in [0.25, 0.3) is 0 Å². The molecule has 0 atom stereocenters. The highest BCUT2D eigenvalue weighted by molar-refractivity contribution is 5.83. The normalized spacial score (nSPS) is 20.8. The summed E-state index contributed by atoms with van der Waals surface area (Å²) >= 11 is 0. The van der Waals surface area contributed by atoms with Gasteiger partial charge in [0.15, 0.2) is 5.76 Å². The van der Waals surface area contributed by atoms with Crippen molar-refractivity contribution in [2.75, 3.05) is 0 Å². The van der Waals surface area contributed by atoms with Crippen LogP contribution in [0.1, 0.15) is 32.1 Å². The lowest BCUT2D eigenvalue weighted by Crippen LogP contribution is -2.07. The van der Waals surface area contributed by atoms with Crippen molar-refractivity contribution in [3.8, 4) is 0 Å². The van der Waals surface area contributed by atoms with Crippen LogP contribution in [-0.2, 0) is 4.79 Å². The third-order valence-corrected chi connectivity index (χ3v) is 2.26. The van der Waals surface area contributed by atoms with Gasteiger partial charge in [0.2, 0.25) is 0 Å². The molecule has 1 rings (SSSR count). The first kappa shape index (κ1) is 9.10.